The van der Waals surface area contributed by atoms with Gasteiger partial charge in [0.2, 0.25) is 0 Å². The van der Waals surface area contributed by atoms with Crippen LogP contribution >= 0.6 is 0 Å². The van der Waals surface area contributed by atoms with Gasteiger partial charge in [-0.25, -0.2) is 9.48 Å². The normalized spacial score (nSPS) is 23.0. The zero-order valence-electron chi connectivity index (χ0n) is 20.0. The molecule has 3 aromatic rings. The molecule has 2 fully saturated rings. The van der Waals surface area contributed by atoms with Crippen LogP contribution in [0.3, 0.4) is 0 Å². The Morgan fingerprint density at radius 1 is 1.00 bits per heavy atom. The van der Waals surface area contributed by atoms with Crippen LogP contribution in [0.15, 0.2) is 66.9 Å². The van der Waals surface area contributed by atoms with E-state index in [1.165, 1.54) is 0 Å². The number of aromatic nitrogens is 2. The molecule has 1 saturated heterocycles. The van der Waals surface area contributed by atoms with Crippen LogP contribution in [0.4, 0.5) is 0 Å². The number of carbonyl (C=O) groups excluding carboxylic acids is 2. The molecule has 176 valence electrons. The largest absolute Gasteiger partial charge is 0.452 e. The van der Waals surface area contributed by atoms with Crippen molar-refractivity contribution >= 4 is 11.9 Å². The average Bonchev–Trinajstić information content (AvgIpc) is 3.36. The second-order valence-electron chi connectivity index (χ2n) is 10.8. The lowest BCUT2D eigenvalue weighted by Gasteiger charge is -2.39. The van der Waals surface area contributed by atoms with E-state index in [4.69, 9.17) is 4.74 Å². The Bertz CT molecular complexity index is 1200. The number of nitrogens with zero attached hydrogens (tertiary/aromatic N) is 3. The summed E-state index contributed by atoms with van der Waals surface area (Å²) in [6.07, 6.45) is 4.80. The maximum Gasteiger partial charge on any atom is 0.342 e. The maximum atomic E-state index is 13.2. The van der Waals surface area contributed by atoms with Crippen LogP contribution in [0.2, 0.25) is 0 Å². The molecule has 34 heavy (non-hydrogen) atoms. The quantitative estimate of drug-likeness (QED) is 0.499. The molecule has 0 unspecified atom stereocenters. The van der Waals surface area contributed by atoms with E-state index in [1.54, 1.807) is 10.9 Å². The summed E-state index contributed by atoms with van der Waals surface area (Å²) in [7, 11) is 0. The number of hydrogen-bond acceptors (Lipinski definition) is 4. The number of likely N-dealkylation sites (tertiary alicyclic amines) is 1. The van der Waals surface area contributed by atoms with E-state index < -0.39 is 5.97 Å². The molecule has 6 heteroatoms. The number of esters is 1. The summed E-state index contributed by atoms with van der Waals surface area (Å²) in [4.78, 5) is 28.2. The van der Waals surface area contributed by atoms with E-state index in [9.17, 15) is 9.59 Å². The number of amides is 1. The number of hydrogen-bond donors (Lipinski definition) is 0. The second kappa shape index (κ2) is 8.42. The molecule has 2 bridgehead atoms. The van der Waals surface area contributed by atoms with Crippen LogP contribution in [0.25, 0.3) is 16.9 Å². The van der Waals surface area contributed by atoms with Gasteiger partial charge < -0.3 is 9.64 Å². The molecular formula is C28H31N3O3. The highest BCUT2D eigenvalue weighted by molar-refractivity contribution is 5.97. The molecule has 1 aliphatic heterocycles. The van der Waals surface area contributed by atoms with Crippen LogP contribution in [-0.2, 0) is 9.53 Å². The first-order valence-electron chi connectivity index (χ1n) is 11.9. The fraction of sp³-hybridized carbons (Fsp3) is 0.393. The van der Waals surface area contributed by atoms with Gasteiger partial charge in [-0.3, -0.25) is 4.79 Å². The van der Waals surface area contributed by atoms with Gasteiger partial charge in [-0.15, -0.1) is 0 Å². The van der Waals surface area contributed by atoms with Crippen molar-refractivity contribution in [1.29, 1.82) is 0 Å². The van der Waals surface area contributed by atoms with Gasteiger partial charge in [0.1, 0.15) is 11.3 Å². The predicted molar refractivity (Wildman–Crippen MR) is 131 cm³/mol. The highest BCUT2D eigenvalue weighted by Crippen LogP contribution is 2.52. The monoisotopic (exact) mass is 457 g/mol. The number of fused-ring (bicyclic) bond motifs is 2. The Morgan fingerprint density at radius 2 is 1.68 bits per heavy atom. The van der Waals surface area contributed by atoms with Crippen LogP contribution in [0.5, 0.6) is 0 Å². The van der Waals surface area contributed by atoms with Crippen molar-refractivity contribution in [3.63, 3.8) is 0 Å². The van der Waals surface area contributed by atoms with Crippen molar-refractivity contribution in [3.05, 3.63) is 72.4 Å². The van der Waals surface area contributed by atoms with Gasteiger partial charge >= 0.3 is 5.97 Å². The van der Waals surface area contributed by atoms with Crippen molar-refractivity contribution in [2.45, 2.75) is 46.1 Å². The summed E-state index contributed by atoms with van der Waals surface area (Å²) in [5, 5.41) is 4.67. The Kier molecular flexibility index (Phi) is 5.54. The van der Waals surface area contributed by atoms with Gasteiger partial charge in [-0.2, -0.15) is 5.10 Å². The summed E-state index contributed by atoms with van der Waals surface area (Å²) >= 11 is 0. The van der Waals surface area contributed by atoms with Crippen LogP contribution in [0.1, 0.15) is 50.4 Å². The van der Waals surface area contributed by atoms with Gasteiger partial charge in [0.25, 0.3) is 5.91 Å². The minimum Gasteiger partial charge on any atom is -0.452 e. The number of rotatable bonds is 5. The average molecular weight is 458 g/mol. The smallest absolute Gasteiger partial charge is 0.342 e. The summed E-state index contributed by atoms with van der Waals surface area (Å²) in [6.45, 7) is 7.31. The maximum absolute atomic E-state index is 13.2. The number of carbonyl (C=O) groups is 2. The highest BCUT2D eigenvalue weighted by atomic mass is 16.5. The third-order valence-electron chi connectivity index (χ3n) is 7.06. The van der Waals surface area contributed by atoms with Gasteiger partial charge in [-0.1, -0.05) is 69.3 Å². The fourth-order valence-electron chi connectivity index (χ4n) is 6.09. The van der Waals surface area contributed by atoms with E-state index in [1.807, 2.05) is 65.6 Å². The van der Waals surface area contributed by atoms with E-state index in [0.717, 1.165) is 37.1 Å². The molecule has 2 aromatic carbocycles. The fourth-order valence-corrected chi connectivity index (χ4v) is 6.09. The summed E-state index contributed by atoms with van der Waals surface area (Å²) in [5.41, 5.74) is 2.90. The number of benzene rings is 2. The standard InChI is InChI=1S/C28H31N3O3/c1-27(2)14-22-15-28(3,18-27)19-30(22)24(32)17-34-26(33)23-16-31(21-12-8-5-9-13-21)29-25(23)20-10-6-4-7-11-20/h4-13,16,22H,14-15,17-19H2,1-3H3/t22-,28-/m0/s1. The number of para-hydroxylation sites is 1. The van der Waals surface area contributed by atoms with Gasteiger partial charge in [0.15, 0.2) is 6.61 Å². The third kappa shape index (κ3) is 4.37. The van der Waals surface area contributed by atoms with Crippen LogP contribution in [-0.4, -0.2) is 45.8 Å². The molecule has 1 saturated carbocycles. The molecule has 2 atom stereocenters. The molecule has 0 radical (unpaired) electrons. The van der Waals surface area contributed by atoms with Crippen LogP contribution < -0.4 is 0 Å². The van der Waals surface area contributed by atoms with Crippen molar-refractivity contribution in [2.75, 3.05) is 13.2 Å². The zero-order chi connectivity index (χ0) is 23.9. The van der Waals surface area contributed by atoms with Crippen molar-refractivity contribution < 1.29 is 14.3 Å². The highest BCUT2D eigenvalue weighted by Gasteiger charge is 2.51. The first kappa shape index (κ1) is 22.4. The lowest BCUT2D eigenvalue weighted by molar-refractivity contribution is -0.135. The Hall–Kier alpha value is -3.41. The minimum atomic E-state index is -0.539. The lowest BCUT2D eigenvalue weighted by atomic mass is 9.65. The zero-order valence-corrected chi connectivity index (χ0v) is 20.0. The molecule has 2 aliphatic rings. The Labute approximate surface area is 200 Å². The molecule has 1 amide bonds. The van der Waals surface area contributed by atoms with E-state index in [2.05, 4.69) is 25.9 Å². The van der Waals surface area contributed by atoms with Gasteiger partial charge in [0.05, 0.1) is 5.69 Å². The predicted octanol–water partition coefficient (Wildman–Crippen LogP) is 5.12. The van der Waals surface area contributed by atoms with Gasteiger partial charge in [0, 0.05) is 24.3 Å². The van der Waals surface area contributed by atoms with Crippen LogP contribution in [0, 0.1) is 10.8 Å². The van der Waals surface area contributed by atoms with Gasteiger partial charge in [-0.05, 0) is 42.2 Å². The molecule has 1 aliphatic carbocycles. The molecule has 0 spiro atoms. The molecule has 1 aromatic heterocycles. The van der Waals surface area contributed by atoms with Crippen molar-refractivity contribution in [1.82, 2.24) is 14.7 Å². The molecule has 6 nitrogen and oxygen atoms in total. The topological polar surface area (TPSA) is 64.4 Å². The molecule has 2 heterocycles. The second-order valence-corrected chi connectivity index (χ2v) is 10.8. The minimum absolute atomic E-state index is 0.114. The van der Waals surface area contributed by atoms with E-state index >= 15 is 0 Å². The molecule has 5 rings (SSSR count). The SMILES string of the molecule is CC1(C)C[C@H]2C[C@](C)(CN2C(=O)COC(=O)c2cn(-c3ccccc3)nc2-c2ccccc2)C1. The Morgan fingerprint density at radius 3 is 2.38 bits per heavy atom. The third-order valence-corrected chi connectivity index (χ3v) is 7.06. The molecular weight excluding hydrogens is 426 g/mol. The van der Waals surface area contributed by atoms with E-state index in [-0.39, 0.29) is 29.4 Å². The van der Waals surface area contributed by atoms with Crippen molar-refractivity contribution in [3.8, 4) is 16.9 Å². The first-order valence-corrected chi connectivity index (χ1v) is 11.9. The summed E-state index contributed by atoms with van der Waals surface area (Å²) < 4.78 is 7.24. The lowest BCUT2D eigenvalue weighted by Crippen LogP contribution is -2.39. The Balaban J connectivity index is 1.35. The van der Waals surface area contributed by atoms with E-state index in [0.29, 0.717) is 11.3 Å². The first-order chi connectivity index (χ1) is 16.2. The number of ether oxygens (including phenoxy) is 1. The molecule has 0 N–H and O–H groups in total. The van der Waals surface area contributed by atoms with Crippen molar-refractivity contribution in [2.24, 2.45) is 10.8 Å². The summed E-state index contributed by atoms with van der Waals surface area (Å²) in [6, 6.07) is 19.4. The summed E-state index contributed by atoms with van der Waals surface area (Å²) in [5.74, 6) is -0.653.